The Morgan fingerprint density at radius 3 is 2.61 bits per heavy atom. The molecular weight excluding hydrogens is 420 g/mol. The molecule has 2 fully saturated rings. The molecule has 1 atom stereocenters. The van der Waals surface area contributed by atoms with Crippen LogP contribution >= 0.6 is 11.8 Å². The summed E-state index contributed by atoms with van der Waals surface area (Å²) < 4.78 is 0. The normalized spacial score (nSPS) is 21.4. The van der Waals surface area contributed by atoms with Gasteiger partial charge in [-0.05, 0) is 30.7 Å². The number of nitrogens with zero attached hydrogens (tertiary/aromatic N) is 2. The fraction of sp³-hybridized carbons (Fsp3) is 0.476. The molecule has 0 aromatic heterocycles. The first-order valence-corrected chi connectivity index (χ1v) is 11.4. The summed E-state index contributed by atoms with van der Waals surface area (Å²) in [6.07, 6.45) is 1.33. The van der Waals surface area contributed by atoms with Crippen LogP contribution in [0.5, 0.6) is 0 Å². The smallest absolute Gasteiger partial charge is 0.263 e. The maximum absolute atomic E-state index is 13.1. The zero-order valence-electron chi connectivity index (χ0n) is 17.0. The van der Waals surface area contributed by atoms with Gasteiger partial charge >= 0.3 is 0 Å². The van der Waals surface area contributed by atoms with Gasteiger partial charge in [-0.3, -0.25) is 34.2 Å². The van der Waals surface area contributed by atoms with Gasteiger partial charge in [0.05, 0.1) is 11.1 Å². The molecule has 0 radical (unpaired) electrons. The van der Waals surface area contributed by atoms with Crippen LogP contribution in [-0.4, -0.2) is 77.3 Å². The maximum atomic E-state index is 13.1. The number of piperidine rings is 1. The third kappa shape index (κ3) is 4.35. The molecule has 164 valence electrons. The lowest BCUT2D eigenvalue weighted by molar-refractivity contribution is -0.136. The SMILES string of the molecule is O=C1CCC(N2C(=O)c3cccc(SCCCC(=O)N4CCNCC4)c3C2=O)C(=O)N1. The van der Waals surface area contributed by atoms with Gasteiger partial charge in [-0.2, -0.15) is 0 Å². The Bertz CT molecular complexity index is 944. The number of thioether (sulfide) groups is 1. The number of carbonyl (C=O) groups excluding carboxylic acids is 5. The highest BCUT2D eigenvalue weighted by Crippen LogP contribution is 2.34. The average Bonchev–Trinajstić information content (AvgIpc) is 3.03. The van der Waals surface area contributed by atoms with Gasteiger partial charge in [-0.1, -0.05) is 6.07 Å². The number of carbonyl (C=O) groups is 5. The molecule has 2 saturated heterocycles. The van der Waals surface area contributed by atoms with E-state index in [1.165, 1.54) is 11.8 Å². The molecule has 1 unspecified atom stereocenters. The average molecular weight is 445 g/mol. The highest BCUT2D eigenvalue weighted by Gasteiger charge is 2.45. The van der Waals surface area contributed by atoms with Crippen molar-refractivity contribution in [1.29, 1.82) is 0 Å². The number of rotatable bonds is 6. The van der Waals surface area contributed by atoms with Crippen molar-refractivity contribution in [2.24, 2.45) is 0 Å². The van der Waals surface area contributed by atoms with Crippen LogP contribution < -0.4 is 10.6 Å². The zero-order chi connectivity index (χ0) is 22.0. The van der Waals surface area contributed by atoms with E-state index in [1.807, 2.05) is 4.90 Å². The van der Waals surface area contributed by atoms with E-state index in [-0.39, 0.29) is 24.3 Å². The molecule has 0 bridgehead atoms. The first-order chi connectivity index (χ1) is 15.0. The van der Waals surface area contributed by atoms with E-state index in [0.29, 0.717) is 29.1 Å². The molecule has 10 heteroatoms. The topological polar surface area (TPSA) is 116 Å². The molecule has 0 saturated carbocycles. The van der Waals surface area contributed by atoms with E-state index < -0.39 is 29.7 Å². The van der Waals surface area contributed by atoms with Crippen LogP contribution in [0.2, 0.25) is 0 Å². The fourth-order valence-corrected chi connectivity index (χ4v) is 5.11. The van der Waals surface area contributed by atoms with Gasteiger partial charge in [0.2, 0.25) is 17.7 Å². The molecule has 3 heterocycles. The van der Waals surface area contributed by atoms with Crippen LogP contribution in [0.1, 0.15) is 46.4 Å². The van der Waals surface area contributed by atoms with E-state index in [9.17, 15) is 24.0 Å². The number of hydrogen-bond acceptors (Lipinski definition) is 7. The number of piperazine rings is 1. The van der Waals surface area contributed by atoms with Gasteiger partial charge in [0, 0.05) is 43.9 Å². The fourth-order valence-electron chi connectivity index (χ4n) is 4.08. The summed E-state index contributed by atoms with van der Waals surface area (Å²) in [5.41, 5.74) is 0.576. The molecule has 3 aliphatic heterocycles. The van der Waals surface area contributed by atoms with Crippen molar-refractivity contribution < 1.29 is 24.0 Å². The lowest BCUT2D eigenvalue weighted by atomic mass is 10.0. The molecule has 4 rings (SSSR count). The van der Waals surface area contributed by atoms with Gasteiger partial charge in [0.25, 0.3) is 11.8 Å². The highest BCUT2D eigenvalue weighted by molar-refractivity contribution is 7.99. The number of imide groups is 2. The second-order valence-corrected chi connectivity index (χ2v) is 8.85. The second-order valence-electron chi connectivity index (χ2n) is 7.71. The van der Waals surface area contributed by atoms with Crippen molar-refractivity contribution in [3.05, 3.63) is 29.3 Å². The Balaban J connectivity index is 1.39. The molecule has 0 aliphatic carbocycles. The lowest BCUT2D eigenvalue weighted by Crippen LogP contribution is -2.54. The molecule has 2 N–H and O–H groups in total. The number of hydrogen-bond donors (Lipinski definition) is 2. The van der Waals surface area contributed by atoms with Crippen molar-refractivity contribution >= 4 is 41.3 Å². The van der Waals surface area contributed by atoms with Gasteiger partial charge in [-0.15, -0.1) is 11.8 Å². The highest BCUT2D eigenvalue weighted by atomic mass is 32.2. The van der Waals surface area contributed by atoms with Crippen LogP contribution in [0, 0.1) is 0 Å². The number of benzene rings is 1. The van der Waals surface area contributed by atoms with Gasteiger partial charge in [0.15, 0.2) is 0 Å². The standard InChI is InChI=1S/C21H24N4O5S/c26-16-7-6-14(19(28)23-16)25-20(29)13-3-1-4-15(18(13)21(25)30)31-12-2-5-17(27)24-10-8-22-9-11-24/h1,3-4,14,22H,2,5-12H2,(H,23,26,28). The van der Waals surface area contributed by atoms with Crippen LogP contribution in [0.15, 0.2) is 23.1 Å². The van der Waals surface area contributed by atoms with Crippen molar-refractivity contribution in [3.8, 4) is 0 Å². The summed E-state index contributed by atoms with van der Waals surface area (Å²) in [6.45, 7) is 3.09. The lowest BCUT2D eigenvalue weighted by Gasteiger charge is -2.27. The summed E-state index contributed by atoms with van der Waals surface area (Å²) in [5, 5.41) is 5.42. The first kappa shape index (κ1) is 21.5. The Morgan fingerprint density at radius 2 is 1.87 bits per heavy atom. The maximum Gasteiger partial charge on any atom is 0.263 e. The summed E-state index contributed by atoms with van der Waals surface area (Å²) in [7, 11) is 0. The minimum Gasteiger partial charge on any atom is -0.340 e. The van der Waals surface area contributed by atoms with E-state index in [0.717, 1.165) is 31.1 Å². The van der Waals surface area contributed by atoms with Crippen LogP contribution in [0.4, 0.5) is 0 Å². The minimum atomic E-state index is -0.973. The van der Waals surface area contributed by atoms with E-state index >= 15 is 0 Å². The predicted molar refractivity (Wildman–Crippen MR) is 113 cm³/mol. The van der Waals surface area contributed by atoms with E-state index in [2.05, 4.69) is 10.6 Å². The Morgan fingerprint density at radius 1 is 1.10 bits per heavy atom. The molecule has 1 aromatic carbocycles. The third-order valence-corrected chi connectivity index (χ3v) is 6.84. The molecular formula is C21H24N4O5S. The zero-order valence-corrected chi connectivity index (χ0v) is 17.8. The van der Waals surface area contributed by atoms with Crippen molar-refractivity contribution in [2.45, 2.75) is 36.6 Å². The largest absolute Gasteiger partial charge is 0.340 e. The van der Waals surface area contributed by atoms with Gasteiger partial charge in [-0.25, -0.2) is 0 Å². The number of nitrogens with one attached hydrogen (secondary N) is 2. The van der Waals surface area contributed by atoms with Gasteiger partial charge in [0.1, 0.15) is 6.04 Å². The number of fused-ring (bicyclic) bond motifs is 1. The molecule has 0 spiro atoms. The van der Waals surface area contributed by atoms with Crippen molar-refractivity contribution in [3.63, 3.8) is 0 Å². The second kappa shape index (κ2) is 9.19. The van der Waals surface area contributed by atoms with E-state index in [1.54, 1.807) is 18.2 Å². The van der Waals surface area contributed by atoms with Crippen molar-refractivity contribution in [1.82, 2.24) is 20.4 Å². The summed E-state index contributed by atoms with van der Waals surface area (Å²) >= 11 is 1.43. The van der Waals surface area contributed by atoms with Crippen molar-refractivity contribution in [2.75, 3.05) is 31.9 Å². The molecule has 5 amide bonds. The molecule has 31 heavy (non-hydrogen) atoms. The minimum absolute atomic E-state index is 0.0898. The predicted octanol–water partition coefficient (Wildman–Crippen LogP) is 0.392. The summed E-state index contributed by atoms with van der Waals surface area (Å²) in [5.74, 6) is -1.26. The molecule has 1 aromatic rings. The summed E-state index contributed by atoms with van der Waals surface area (Å²) in [4.78, 5) is 65.3. The molecule has 3 aliphatic rings. The number of amides is 5. The van der Waals surface area contributed by atoms with E-state index in [4.69, 9.17) is 0 Å². The first-order valence-electron chi connectivity index (χ1n) is 10.4. The monoisotopic (exact) mass is 444 g/mol. The van der Waals surface area contributed by atoms with Crippen LogP contribution in [-0.2, 0) is 14.4 Å². The third-order valence-electron chi connectivity index (χ3n) is 5.69. The van der Waals surface area contributed by atoms with Crippen LogP contribution in [0.25, 0.3) is 0 Å². The Kier molecular flexibility index (Phi) is 6.38. The molecule has 9 nitrogen and oxygen atoms in total. The van der Waals surface area contributed by atoms with Crippen LogP contribution in [0.3, 0.4) is 0 Å². The van der Waals surface area contributed by atoms with Gasteiger partial charge < -0.3 is 10.2 Å². The Labute approximate surface area is 183 Å². The Hall–Kier alpha value is -2.72. The quantitative estimate of drug-likeness (QED) is 0.370. The summed E-state index contributed by atoms with van der Waals surface area (Å²) in [6, 6.07) is 4.10.